The number of benzene rings is 1. The predicted molar refractivity (Wildman–Crippen MR) is 57.5 cm³/mol. The highest BCUT2D eigenvalue weighted by molar-refractivity contribution is 6.30. The number of aliphatic carboxylic acids is 1. The molecular formula is C11H11ClO4. The number of hydrogen-bond acceptors (Lipinski definition) is 3. The molecule has 1 aliphatic rings. The van der Waals surface area contributed by atoms with E-state index in [1.165, 1.54) is 0 Å². The van der Waals surface area contributed by atoms with Crippen LogP contribution < -0.4 is 4.74 Å². The van der Waals surface area contributed by atoms with E-state index in [-0.39, 0.29) is 6.42 Å². The van der Waals surface area contributed by atoms with Gasteiger partial charge in [-0.1, -0.05) is 11.6 Å². The lowest BCUT2D eigenvalue weighted by Gasteiger charge is -2.26. The summed E-state index contributed by atoms with van der Waals surface area (Å²) in [4.78, 5) is 10.4. The molecule has 1 aliphatic heterocycles. The lowest BCUT2D eigenvalue weighted by molar-refractivity contribution is -0.143. The van der Waals surface area contributed by atoms with Gasteiger partial charge in [-0.15, -0.1) is 0 Å². The molecule has 0 amide bonds. The molecule has 1 unspecified atom stereocenters. The summed E-state index contributed by atoms with van der Waals surface area (Å²) in [7, 11) is 0. The van der Waals surface area contributed by atoms with Crippen LogP contribution in [-0.2, 0) is 16.1 Å². The Bertz CT molecular complexity index is 405. The molecule has 0 aromatic heterocycles. The highest BCUT2D eigenvalue weighted by atomic mass is 35.5. The van der Waals surface area contributed by atoms with Crippen molar-refractivity contribution in [1.29, 1.82) is 0 Å². The zero-order valence-electron chi connectivity index (χ0n) is 8.48. The maximum absolute atomic E-state index is 10.4. The summed E-state index contributed by atoms with van der Waals surface area (Å²) in [5.41, 5.74) is 0.888. The highest BCUT2D eigenvalue weighted by Gasteiger charge is 2.20. The Morgan fingerprint density at radius 3 is 3.12 bits per heavy atom. The van der Waals surface area contributed by atoms with Crippen LogP contribution in [0.15, 0.2) is 18.2 Å². The van der Waals surface area contributed by atoms with E-state index in [0.29, 0.717) is 23.8 Å². The molecule has 16 heavy (non-hydrogen) atoms. The van der Waals surface area contributed by atoms with E-state index in [0.717, 1.165) is 5.56 Å². The van der Waals surface area contributed by atoms with Crippen molar-refractivity contribution in [2.75, 3.05) is 0 Å². The van der Waals surface area contributed by atoms with Crippen LogP contribution in [-0.4, -0.2) is 17.4 Å². The Hall–Kier alpha value is -1.26. The molecule has 0 bridgehead atoms. The molecule has 1 aromatic rings. The fraction of sp³-hybridized carbons (Fsp3) is 0.364. The van der Waals surface area contributed by atoms with Crippen LogP contribution >= 0.6 is 11.6 Å². The van der Waals surface area contributed by atoms with Crippen molar-refractivity contribution in [3.63, 3.8) is 0 Å². The fourth-order valence-electron chi connectivity index (χ4n) is 1.52. The average Bonchev–Trinajstić information content (AvgIpc) is 2.26. The molecule has 1 N–H and O–H groups in total. The van der Waals surface area contributed by atoms with Crippen LogP contribution in [0.3, 0.4) is 0 Å². The molecule has 5 heteroatoms. The van der Waals surface area contributed by atoms with Crippen LogP contribution in [0.4, 0.5) is 0 Å². The number of fused-ring (bicyclic) bond motifs is 1. The van der Waals surface area contributed by atoms with Gasteiger partial charge >= 0.3 is 5.97 Å². The number of carboxylic acid groups (broad SMARTS) is 1. The van der Waals surface area contributed by atoms with Gasteiger partial charge in [-0.25, -0.2) is 0 Å². The SMILES string of the molecule is O=C(O)CCC1OCc2cc(Cl)ccc2O1. The first-order valence-electron chi connectivity index (χ1n) is 4.93. The zero-order chi connectivity index (χ0) is 11.5. The van der Waals surface area contributed by atoms with Gasteiger partial charge in [-0.05, 0) is 18.2 Å². The lowest BCUT2D eigenvalue weighted by Crippen LogP contribution is -2.26. The minimum Gasteiger partial charge on any atom is -0.481 e. The van der Waals surface area contributed by atoms with Gasteiger partial charge in [-0.3, -0.25) is 4.79 Å². The number of carboxylic acids is 1. The summed E-state index contributed by atoms with van der Waals surface area (Å²) in [6.07, 6.45) is -0.102. The van der Waals surface area contributed by atoms with Gasteiger partial charge in [-0.2, -0.15) is 0 Å². The van der Waals surface area contributed by atoms with Crippen molar-refractivity contribution >= 4 is 17.6 Å². The molecular weight excluding hydrogens is 232 g/mol. The molecule has 0 radical (unpaired) electrons. The molecule has 0 saturated heterocycles. The summed E-state index contributed by atoms with van der Waals surface area (Å²) in [6, 6.07) is 5.29. The van der Waals surface area contributed by atoms with Crippen molar-refractivity contribution in [3.05, 3.63) is 28.8 Å². The quantitative estimate of drug-likeness (QED) is 0.885. The topological polar surface area (TPSA) is 55.8 Å². The number of ether oxygens (including phenoxy) is 2. The molecule has 0 spiro atoms. The number of rotatable bonds is 3. The van der Waals surface area contributed by atoms with Gasteiger partial charge in [0.15, 0.2) is 0 Å². The van der Waals surface area contributed by atoms with Gasteiger partial charge in [0, 0.05) is 17.0 Å². The third-order valence-electron chi connectivity index (χ3n) is 2.30. The Labute approximate surface area is 97.7 Å². The molecule has 0 saturated carbocycles. The second-order valence-corrected chi connectivity index (χ2v) is 3.98. The fourth-order valence-corrected chi connectivity index (χ4v) is 1.71. The van der Waals surface area contributed by atoms with Crippen molar-refractivity contribution < 1.29 is 19.4 Å². The molecule has 1 atom stereocenters. The monoisotopic (exact) mass is 242 g/mol. The second kappa shape index (κ2) is 4.72. The van der Waals surface area contributed by atoms with Gasteiger partial charge in [0.1, 0.15) is 5.75 Å². The Morgan fingerprint density at radius 2 is 2.38 bits per heavy atom. The molecule has 2 rings (SSSR count). The standard InChI is InChI=1S/C11H11ClO4/c12-8-1-2-9-7(5-8)6-15-11(16-9)4-3-10(13)14/h1-2,5,11H,3-4,6H2,(H,13,14). The normalized spacial score (nSPS) is 18.7. The number of carbonyl (C=O) groups is 1. The highest BCUT2D eigenvalue weighted by Crippen LogP contribution is 2.29. The number of halogens is 1. The van der Waals surface area contributed by atoms with Crippen LogP contribution in [0.5, 0.6) is 5.75 Å². The van der Waals surface area contributed by atoms with E-state index in [1.807, 2.05) is 0 Å². The smallest absolute Gasteiger partial charge is 0.303 e. The Kier molecular flexibility index (Phi) is 3.31. The van der Waals surface area contributed by atoms with Crippen molar-refractivity contribution in [2.45, 2.75) is 25.7 Å². The first-order valence-corrected chi connectivity index (χ1v) is 5.31. The Balaban J connectivity index is 2.01. The molecule has 4 nitrogen and oxygen atoms in total. The van der Waals surface area contributed by atoms with Gasteiger partial charge in [0.2, 0.25) is 6.29 Å². The summed E-state index contributed by atoms with van der Waals surface area (Å²) in [5, 5.41) is 9.18. The molecule has 1 aromatic carbocycles. The minimum absolute atomic E-state index is 0.0353. The van der Waals surface area contributed by atoms with E-state index in [1.54, 1.807) is 18.2 Å². The van der Waals surface area contributed by atoms with Crippen LogP contribution in [0.2, 0.25) is 5.02 Å². The van der Waals surface area contributed by atoms with Crippen LogP contribution in [0, 0.1) is 0 Å². The van der Waals surface area contributed by atoms with Crippen molar-refractivity contribution in [2.24, 2.45) is 0 Å². The van der Waals surface area contributed by atoms with E-state index < -0.39 is 12.3 Å². The Morgan fingerprint density at radius 1 is 1.56 bits per heavy atom. The molecule has 0 fully saturated rings. The van der Waals surface area contributed by atoms with Crippen molar-refractivity contribution in [3.8, 4) is 5.75 Å². The molecule has 0 aliphatic carbocycles. The number of hydrogen-bond donors (Lipinski definition) is 1. The van der Waals surface area contributed by atoms with Crippen LogP contribution in [0.1, 0.15) is 18.4 Å². The summed E-state index contributed by atoms with van der Waals surface area (Å²) in [6.45, 7) is 0.403. The van der Waals surface area contributed by atoms with E-state index in [4.69, 9.17) is 26.2 Å². The first kappa shape index (κ1) is 11.2. The second-order valence-electron chi connectivity index (χ2n) is 3.54. The predicted octanol–water partition coefficient (Wildman–Crippen LogP) is 2.44. The van der Waals surface area contributed by atoms with Gasteiger partial charge in [0.05, 0.1) is 13.0 Å². The first-order chi connectivity index (χ1) is 7.65. The van der Waals surface area contributed by atoms with Crippen molar-refractivity contribution in [1.82, 2.24) is 0 Å². The molecule has 86 valence electrons. The van der Waals surface area contributed by atoms with E-state index >= 15 is 0 Å². The lowest BCUT2D eigenvalue weighted by atomic mass is 10.2. The van der Waals surface area contributed by atoms with Gasteiger partial charge < -0.3 is 14.6 Å². The van der Waals surface area contributed by atoms with Crippen LogP contribution in [0.25, 0.3) is 0 Å². The maximum atomic E-state index is 10.4. The largest absolute Gasteiger partial charge is 0.481 e. The van der Waals surface area contributed by atoms with E-state index in [9.17, 15) is 4.79 Å². The zero-order valence-corrected chi connectivity index (χ0v) is 9.24. The molecule has 1 heterocycles. The summed E-state index contributed by atoms with van der Waals surface area (Å²) in [5.74, 6) is -0.139. The maximum Gasteiger partial charge on any atom is 0.303 e. The van der Waals surface area contributed by atoms with E-state index in [2.05, 4.69) is 0 Å². The summed E-state index contributed by atoms with van der Waals surface area (Å²) >= 11 is 5.83. The summed E-state index contributed by atoms with van der Waals surface area (Å²) < 4.78 is 10.9. The van der Waals surface area contributed by atoms with Gasteiger partial charge in [0.25, 0.3) is 0 Å². The average molecular weight is 243 g/mol. The third-order valence-corrected chi connectivity index (χ3v) is 2.53. The minimum atomic E-state index is -0.853. The third kappa shape index (κ3) is 2.65.